The van der Waals surface area contributed by atoms with Crippen molar-refractivity contribution in [3.8, 4) is 0 Å². The molecule has 2 aromatic rings. The Balaban J connectivity index is 1.89. The average Bonchev–Trinajstić information content (AvgIpc) is 2.70. The molecule has 0 spiro atoms. The van der Waals surface area contributed by atoms with E-state index in [1.807, 2.05) is 42.6 Å². The molecule has 122 valence electrons. The summed E-state index contributed by atoms with van der Waals surface area (Å²) in [5.74, 6) is 0.211. The van der Waals surface area contributed by atoms with E-state index in [2.05, 4.69) is 29.5 Å². The van der Waals surface area contributed by atoms with Gasteiger partial charge in [0, 0.05) is 30.1 Å². The maximum Gasteiger partial charge on any atom is 0.163 e. The number of aromatic nitrogens is 1. The molecule has 4 nitrogen and oxygen atoms in total. The molecule has 2 N–H and O–H groups in total. The first kappa shape index (κ1) is 14.9. The maximum atomic E-state index is 13.0. The molecule has 2 aliphatic rings. The number of hydrogen-bond donors (Lipinski definition) is 2. The summed E-state index contributed by atoms with van der Waals surface area (Å²) < 4.78 is 0. The van der Waals surface area contributed by atoms with Gasteiger partial charge >= 0.3 is 0 Å². The second-order valence-electron chi connectivity index (χ2n) is 7.37. The molecule has 1 aromatic carbocycles. The van der Waals surface area contributed by atoms with Crippen LogP contribution in [0.5, 0.6) is 0 Å². The van der Waals surface area contributed by atoms with Crippen molar-refractivity contribution in [3.05, 3.63) is 65.6 Å². The van der Waals surface area contributed by atoms with Gasteiger partial charge in [-0.25, -0.2) is 0 Å². The quantitative estimate of drug-likeness (QED) is 0.822. The number of carbonyl (C=O) groups excluding carboxylic acids is 1. The number of fused-ring (bicyclic) bond motifs is 1. The number of Topliss-reactive ketones (excluding diaryl/α,β-unsaturated/α-hetero) is 1. The number of pyridine rings is 1. The number of benzene rings is 1. The SMILES string of the molecule is CC1(C)CC(=O)C2=C(C1)Nc1ccccc1N[C@H]2c1cccnc1. The van der Waals surface area contributed by atoms with Crippen molar-refractivity contribution >= 4 is 17.2 Å². The third-order valence-corrected chi connectivity index (χ3v) is 4.74. The van der Waals surface area contributed by atoms with E-state index < -0.39 is 0 Å². The highest BCUT2D eigenvalue weighted by Gasteiger charge is 2.38. The van der Waals surface area contributed by atoms with E-state index in [4.69, 9.17) is 0 Å². The number of rotatable bonds is 1. The van der Waals surface area contributed by atoms with E-state index in [-0.39, 0.29) is 17.2 Å². The molecule has 0 saturated carbocycles. The molecule has 1 atom stereocenters. The van der Waals surface area contributed by atoms with Crippen molar-refractivity contribution in [1.29, 1.82) is 0 Å². The van der Waals surface area contributed by atoms with Gasteiger partial charge in [0.25, 0.3) is 0 Å². The smallest absolute Gasteiger partial charge is 0.163 e. The zero-order valence-electron chi connectivity index (χ0n) is 14.0. The molecule has 1 aliphatic carbocycles. The molecule has 0 amide bonds. The summed E-state index contributed by atoms with van der Waals surface area (Å²) in [5, 5.41) is 7.07. The lowest BCUT2D eigenvalue weighted by atomic mass is 9.73. The molecule has 24 heavy (non-hydrogen) atoms. The van der Waals surface area contributed by atoms with E-state index in [0.29, 0.717) is 6.42 Å². The molecule has 0 bridgehead atoms. The van der Waals surface area contributed by atoms with E-state index in [9.17, 15) is 4.79 Å². The second kappa shape index (κ2) is 5.48. The predicted octanol–water partition coefficient (Wildman–Crippen LogP) is 4.30. The third-order valence-electron chi connectivity index (χ3n) is 4.74. The minimum atomic E-state index is -0.173. The highest BCUT2D eigenvalue weighted by Crippen LogP contribution is 2.45. The largest absolute Gasteiger partial charge is 0.372 e. The lowest BCUT2D eigenvalue weighted by Gasteiger charge is -2.34. The van der Waals surface area contributed by atoms with Crippen LogP contribution >= 0.6 is 0 Å². The maximum absolute atomic E-state index is 13.0. The lowest BCUT2D eigenvalue weighted by Crippen LogP contribution is -2.31. The Labute approximate surface area is 142 Å². The van der Waals surface area contributed by atoms with Crippen LogP contribution in [0.25, 0.3) is 0 Å². The van der Waals surface area contributed by atoms with Gasteiger partial charge in [-0.1, -0.05) is 32.0 Å². The molecule has 1 aliphatic heterocycles. The van der Waals surface area contributed by atoms with Crippen molar-refractivity contribution < 1.29 is 4.79 Å². The standard InChI is InChI=1S/C20H21N3O/c1-20(2)10-16-18(17(24)11-20)19(13-6-5-9-21-12-13)23-15-8-4-3-7-14(15)22-16/h3-9,12,19,22-23H,10-11H2,1-2H3/t19-/m0/s1. The van der Waals surface area contributed by atoms with Crippen LogP contribution in [0.4, 0.5) is 11.4 Å². The lowest BCUT2D eigenvalue weighted by molar-refractivity contribution is -0.118. The van der Waals surface area contributed by atoms with Crippen molar-refractivity contribution in [2.45, 2.75) is 32.7 Å². The molecule has 2 heterocycles. The topological polar surface area (TPSA) is 54.0 Å². The average molecular weight is 319 g/mol. The zero-order chi connectivity index (χ0) is 16.7. The number of nitrogens with zero attached hydrogens (tertiary/aromatic N) is 1. The molecule has 1 aromatic heterocycles. The van der Waals surface area contributed by atoms with E-state index >= 15 is 0 Å². The van der Waals surface area contributed by atoms with Crippen LogP contribution in [0, 0.1) is 5.41 Å². The Morgan fingerprint density at radius 1 is 1.08 bits per heavy atom. The Morgan fingerprint density at radius 2 is 1.88 bits per heavy atom. The summed E-state index contributed by atoms with van der Waals surface area (Å²) >= 11 is 0. The number of allylic oxidation sites excluding steroid dienone is 1. The van der Waals surface area contributed by atoms with E-state index in [0.717, 1.165) is 34.6 Å². The first-order valence-corrected chi connectivity index (χ1v) is 8.32. The highest BCUT2D eigenvalue weighted by molar-refractivity contribution is 6.01. The Hall–Kier alpha value is -2.62. The van der Waals surface area contributed by atoms with E-state index in [1.165, 1.54) is 0 Å². The first-order chi connectivity index (χ1) is 11.5. The van der Waals surface area contributed by atoms with E-state index in [1.54, 1.807) is 6.20 Å². The Morgan fingerprint density at radius 3 is 2.62 bits per heavy atom. The molecule has 4 heteroatoms. The Kier molecular flexibility index (Phi) is 3.41. The number of anilines is 2. The van der Waals surface area contributed by atoms with Crippen molar-refractivity contribution in [1.82, 2.24) is 4.98 Å². The Bertz CT molecular complexity index is 824. The van der Waals surface area contributed by atoms with Crippen LogP contribution in [0.2, 0.25) is 0 Å². The number of para-hydroxylation sites is 2. The molecular weight excluding hydrogens is 298 g/mol. The fourth-order valence-electron chi connectivity index (χ4n) is 3.69. The van der Waals surface area contributed by atoms with Crippen LogP contribution < -0.4 is 10.6 Å². The third kappa shape index (κ3) is 2.58. The monoisotopic (exact) mass is 319 g/mol. The number of hydrogen-bond acceptors (Lipinski definition) is 4. The number of carbonyl (C=O) groups is 1. The van der Waals surface area contributed by atoms with Crippen LogP contribution in [-0.2, 0) is 4.79 Å². The van der Waals surface area contributed by atoms with Gasteiger partial charge in [-0.05, 0) is 35.6 Å². The minimum absolute atomic E-state index is 0.0261. The van der Waals surface area contributed by atoms with Gasteiger partial charge in [0.15, 0.2) is 5.78 Å². The summed E-state index contributed by atoms with van der Waals surface area (Å²) in [6.07, 6.45) is 5.03. The van der Waals surface area contributed by atoms with Crippen LogP contribution in [0.3, 0.4) is 0 Å². The number of ketones is 1. The zero-order valence-corrected chi connectivity index (χ0v) is 14.0. The first-order valence-electron chi connectivity index (χ1n) is 8.32. The predicted molar refractivity (Wildman–Crippen MR) is 95.7 cm³/mol. The van der Waals surface area contributed by atoms with Crippen LogP contribution in [0.1, 0.15) is 38.3 Å². The summed E-state index contributed by atoms with van der Waals surface area (Å²) in [6, 6.07) is 11.9. The molecule has 0 saturated heterocycles. The van der Waals surface area contributed by atoms with Crippen LogP contribution in [0.15, 0.2) is 60.1 Å². The normalized spacial score (nSPS) is 21.9. The highest BCUT2D eigenvalue weighted by atomic mass is 16.1. The summed E-state index contributed by atoms with van der Waals surface area (Å²) in [5.41, 5.74) is 4.88. The molecule has 4 rings (SSSR count). The summed E-state index contributed by atoms with van der Waals surface area (Å²) in [4.78, 5) is 17.2. The van der Waals surface area contributed by atoms with Crippen molar-refractivity contribution in [2.24, 2.45) is 5.41 Å². The van der Waals surface area contributed by atoms with Crippen molar-refractivity contribution in [2.75, 3.05) is 10.6 Å². The minimum Gasteiger partial charge on any atom is -0.372 e. The van der Waals surface area contributed by atoms with Crippen LogP contribution in [-0.4, -0.2) is 10.8 Å². The summed E-state index contributed by atoms with van der Waals surface area (Å²) in [7, 11) is 0. The molecule has 0 unspecified atom stereocenters. The fraction of sp³-hybridized carbons (Fsp3) is 0.300. The molecular formula is C20H21N3O. The van der Waals surface area contributed by atoms with Gasteiger partial charge < -0.3 is 10.6 Å². The fourth-order valence-corrected chi connectivity index (χ4v) is 3.69. The van der Waals surface area contributed by atoms with Crippen molar-refractivity contribution in [3.63, 3.8) is 0 Å². The van der Waals surface area contributed by atoms with Gasteiger partial charge in [0.1, 0.15) is 0 Å². The van der Waals surface area contributed by atoms with Gasteiger partial charge in [0.2, 0.25) is 0 Å². The summed E-state index contributed by atoms with van der Waals surface area (Å²) in [6.45, 7) is 4.30. The van der Waals surface area contributed by atoms with Gasteiger partial charge in [0.05, 0.1) is 17.4 Å². The molecule has 0 fully saturated rings. The molecule has 0 radical (unpaired) electrons. The number of nitrogens with one attached hydrogen (secondary N) is 2. The second-order valence-corrected chi connectivity index (χ2v) is 7.37. The van der Waals surface area contributed by atoms with Gasteiger partial charge in [-0.15, -0.1) is 0 Å². The van der Waals surface area contributed by atoms with Gasteiger partial charge in [-0.3, -0.25) is 9.78 Å². The van der Waals surface area contributed by atoms with Gasteiger partial charge in [-0.2, -0.15) is 0 Å².